The Kier molecular flexibility index (Phi) is 21.5. The van der Waals surface area contributed by atoms with E-state index < -0.39 is 78.4 Å². The number of benzene rings is 5. The molecule has 0 bridgehead atoms. The first-order chi connectivity index (χ1) is 37.6. The number of Topliss-reactive ketones (excluding diaryl/α,β-unsaturated/α-hetero) is 1. The van der Waals surface area contributed by atoms with Crippen LogP contribution in [-0.2, 0) is 53.7 Å². The summed E-state index contributed by atoms with van der Waals surface area (Å²) in [6.45, 7) is 15.7. The molecular weight excluding hydrogens is 1130 g/mol. The number of rotatable bonds is 24. The van der Waals surface area contributed by atoms with E-state index >= 15 is 0 Å². The van der Waals surface area contributed by atoms with Gasteiger partial charge in [-0.3, -0.25) is 23.3 Å². The summed E-state index contributed by atoms with van der Waals surface area (Å²) in [6, 6.07) is 34.2. The van der Waals surface area contributed by atoms with Gasteiger partial charge in [0.25, 0.3) is 9.84 Å². The van der Waals surface area contributed by atoms with Crippen LogP contribution in [0.2, 0.25) is 5.02 Å². The third-order valence-corrected chi connectivity index (χ3v) is 20.5. The van der Waals surface area contributed by atoms with Crippen LogP contribution in [0.3, 0.4) is 0 Å². The lowest BCUT2D eigenvalue weighted by Crippen LogP contribution is -2.45. The highest BCUT2D eigenvalue weighted by molar-refractivity contribution is 7.99. The molecule has 0 saturated carbocycles. The normalized spacial score (nSPS) is 17.3. The summed E-state index contributed by atoms with van der Waals surface area (Å²) in [5.41, 5.74) is -4.07. The number of phosphoric ester groups is 1. The molecule has 80 heavy (non-hydrogen) atoms. The van der Waals surface area contributed by atoms with Crippen molar-refractivity contribution in [2.45, 2.75) is 124 Å². The molecule has 5 aromatic rings. The number of piperidine rings is 1. The van der Waals surface area contributed by atoms with Crippen molar-refractivity contribution in [2.24, 2.45) is 11.8 Å². The Morgan fingerprint density at radius 2 is 1.46 bits per heavy atom. The molecule has 21 heteroatoms. The number of carbonyl (C=O) groups is 1. The number of carbonyl (C=O) groups excluding carboxylic acids is 1. The van der Waals surface area contributed by atoms with Crippen LogP contribution < -0.4 is 4.90 Å². The molecule has 3 atom stereocenters. The number of phosphoric acid groups is 1. The Balaban J connectivity index is 1.06. The average Bonchev–Trinajstić information content (AvgIpc) is 3.53. The van der Waals surface area contributed by atoms with E-state index in [-0.39, 0.29) is 35.4 Å². The quantitative estimate of drug-likeness (QED) is 0.0249. The van der Waals surface area contributed by atoms with Crippen molar-refractivity contribution in [1.29, 1.82) is 0 Å². The van der Waals surface area contributed by atoms with Crippen molar-refractivity contribution >= 4 is 62.3 Å². The predicted octanol–water partition coefficient (Wildman–Crippen LogP) is 14.1. The maximum absolute atomic E-state index is 14.4. The number of alkyl halides is 3. The van der Waals surface area contributed by atoms with Crippen molar-refractivity contribution in [3.63, 3.8) is 0 Å². The van der Waals surface area contributed by atoms with E-state index in [9.17, 15) is 39.4 Å². The Labute approximate surface area is 479 Å². The summed E-state index contributed by atoms with van der Waals surface area (Å²) in [4.78, 5) is 17.2. The Bertz CT molecular complexity index is 3110. The summed E-state index contributed by atoms with van der Waals surface area (Å²) in [6.07, 6.45) is 2.05. The monoisotopic (exact) mass is 1200 g/mol. The van der Waals surface area contributed by atoms with Crippen LogP contribution in [0.5, 0.6) is 0 Å². The average molecular weight is 1210 g/mol. The Morgan fingerprint density at radius 3 is 2.09 bits per heavy atom. The maximum Gasteiger partial charge on any atom is 0.501 e. The van der Waals surface area contributed by atoms with Gasteiger partial charge < -0.3 is 14.4 Å². The molecule has 13 nitrogen and oxygen atoms in total. The second-order valence-corrected chi connectivity index (χ2v) is 29.2. The number of halogens is 4. The highest BCUT2D eigenvalue weighted by Gasteiger charge is 2.48. The second-order valence-electron chi connectivity index (χ2n) is 22.2. The highest BCUT2D eigenvalue weighted by Crippen LogP contribution is 2.56. The largest absolute Gasteiger partial charge is 0.501 e. The van der Waals surface area contributed by atoms with Gasteiger partial charge in [-0.05, 0) is 175 Å². The van der Waals surface area contributed by atoms with Crippen LogP contribution in [0.4, 0.5) is 18.9 Å². The predicted molar refractivity (Wildman–Crippen MR) is 309 cm³/mol. The number of ether oxygens (including phenoxy) is 2. The molecule has 0 amide bonds. The molecule has 2 heterocycles. The van der Waals surface area contributed by atoms with E-state index in [1.165, 1.54) is 23.9 Å². The minimum atomic E-state index is -6.03. The molecule has 0 N–H and O–H groups in total. The van der Waals surface area contributed by atoms with Crippen LogP contribution in [-0.4, -0.2) is 108 Å². The zero-order valence-corrected chi connectivity index (χ0v) is 50.4. The van der Waals surface area contributed by atoms with Crippen LogP contribution in [0, 0.1) is 11.8 Å². The zero-order valence-electron chi connectivity index (χ0n) is 46.3. The second kappa shape index (κ2) is 27.1. The fourth-order valence-corrected chi connectivity index (χ4v) is 15.2. The highest BCUT2D eigenvalue weighted by atomic mass is 35.5. The van der Waals surface area contributed by atoms with Gasteiger partial charge in [-0.1, -0.05) is 79.2 Å². The SMILES string of the molecule is CC[C@H]1COCCN1CC[C@H](CSc1ccccc1)Cc1ccc(S(=O)(=O)CC(=O)c2ccc(N3CCC([C@@H](OCOP(=O)(OC(C)(C)C)OC(C)(C)C)c4ccccc4-c4ccc(Cl)cc4)CC3)cc2)cc1S(=O)(=O)C(F)(F)F. The zero-order chi connectivity index (χ0) is 58.1. The molecule has 2 aliphatic rings. The number of nitrogens with zero attached hydrogens (tertiary/aromatic N) is 2. The van der Waals surface area contributed by atoms with Gasteiger partial charge in [0, 0.05) is 52.6 Å². The van der Waals surface area contributed by atoms with Crippen LogP contribution in [0.1, 0.15) is 102 Å². The van der Waals surface area contributed by atoms with E-state index in [1.54, 1.807) is 53.7 Å². The number of ketones is 1. The first-order valence-corrected chi connectivity index (χ1v) is 32.8. The van der Waals surface area contributed by atoms with Crippen molar-refractivity contribution < 1.29 is 62.4 Å². The van der Waals surface area contributed by atoms with Gasteiger partial charge in [0.15, 0.2) is 22.4 Å². The minimum absolute atomic E-state index is 0.0479. The van der Waals surface area contributed by atoms with Crippen molar-refractivity contribution in [3.8, 4) is 11.1 Å². The topological polar surface area (TPSA) is 155 Å². The van der Waals surface area contributed by atoms with Crippen LogP contribution in [0.25, 0.3) is 11.1 Å². The van der Waals surface area contributed by atoms with Crippen molar-refractivity contribution in [2.75, 3.05) is 62.6 Å². The molecule has 0 unspecified atom stereocenters. The molecule has 0 aromatic heterocycles. The smallest absolute Gasteiger partial charge is 0.378 e. The molecule has 0 radical (unpaired) electrons. The fourth-order valence-electron chi connectivity index (χ4n) is 9.95. The summed E-state index contributed by atoms with van der Waals surface area (Å²) in [5.74, 6) is -1.83. The molecular formula is C59H73ClF3N2O11PS3. The van der Waals surface area contributed by atoms with Crippen LogP contribution in [0.15, 0.2) is 136 Å². The lowest BCUT2D eigenvalue weighted by molar-refractivity contribution is -0.0933. The van der Waals surface area contributed by atoms with Gasteiger partial charge in [-0.15, -0.1) is 11.8 Å². The number of thioether (sulfide) groups is 1. The molecule has 2 saturated heterocycles. The molecule has 5 aromatic carbocycles. The lowest BCUT2D eigenvalue weighted by atomic mass is 9.84. The van der Waals surface area contributed by atoms with Crippen molar-refractivity contribution in [1.82, 2.24) is 4.90 Å². The maximum atomic E-state index is 14.4. The van der Waals surface area contributed by atoms with Gasteiger partial charge in [-0.2, -0.15) is 13.2 Å². The fraction of sp³-hybridized carbons (Fsp3) is 0.475. The third kappa shape index (κ3) is 17.5. The Hall–Kier alpha value is -4.11. The summed E-state index contributed by atoms with van der Waals surface area (Å²) in [5, 5.41) is 0.590. The minimum Gasteiger partial charge on any atom is -0.378 e. The van der Waals surface area contributed by atoms with Gasteiger partial charge in [-0.25, -0.2) is 21.4 Å². The number of morpholine rings is 1. The molecule has 0 spiro atoms. The first-order valence-electron chi connectivity index (χ1n) is 26.8. The molecule has 2 fully saturated rings. The van der Waals surface area contributed by atoms with Gasteiger partial charge >= 0.3 is 13.3 Å². The molecule has 0 aliphatic carbocycles. The standard InChI is InChI=1S/C59H73ClF3N2O11PS3/c1-8-48-38-72-35-34-65(48)31-28-42(39-78-50-14-10-9-11-15-50)36-46-22-27-51(37-55(46)80(70,71)59(61,62)63)79(68,69)40-54(66)44-20-25-49(26-21-44)64-32-29-45(30-33-64)56(53-17-13-12-16-52(53)43-18-23-47(60)24-19-43)73-41-74-77(67,75-57(2,3)4)76-58(5,6)7/h9-27,37,42,45,48,56H,8,28-36,38-41H2,1-7H3/t42-,48-,56+/m0/s1. The molecule has 7 rings (SSSR count). The number of hydrogen-bond acceptors (Lipinski definition) is 14. The summed E-state index contributed by atoms with van der Waals surface area (Å²) >= 11 is 7.78. The van der Waals surface area contributed by atoms with E-state index in [0.29, 0.717) is 75.5 Å². The van der Waals surface area contributed by atoms with E-state index in [0.717, 1.165) is 45.8 Å². The number of hydrogen-bond donors (Lipinski definition) is 0. The third-order valence-electron chi connectivity index (χ3n) is 13.9. The number of anilines is 1. The molecule has 2 aliphatic heterocycles. The molecule has 436 valence electrons. The van der Waals surface area contributed by atoms with Gasteiger partial charge in [0.05, 0.1) is 40.3 Å². The van der Waals surface area contributed by atoms with E-state index in [4.69, 9.17) is 34.6 Å². The lowest BCUT2D eigenvalue weighted by Gasteiger charge is -2.38. The summed E-state index contributed by atoms with van der Waals surface area (Å²) in [7, 11) is -14.8. The van der Waals surface area contributed by atoms with Crippen LogP contribution >= 0.6 is 31.2 Å². The van der Waals surface area contributed by atoms with Gasteiger partial charge in [0.2, 0.25) is 0 Å². The van der Waals surface area contributed by atoms with Gasteiger partial charge in [0.1, 0.15) is 5.75 Å². The Morgan fingerprint density at radius 1 is 0.825 bits per heavy atom. The summed E-state index contributed by atoms with van der Waals surface area (Å²) < 4.78 is 142. The van der Waals surface area contributed by atoms with Crippen molar-refractivity contribution in [3.05, 3.63) is 143 Å². The van der Waals surface area contributed by atoms with E-state index in [1.807, 2.05) is 78.9 Å². The number of sulfone groups is 2. The van der Waals surface area contributed by atoms with E-state index in [2.05, 4.69) is 16.7 Å². The first kappa shape index (κ1) is 63.5.